The van der Waals surface area contributed by atoms with Crippen molar-refractivity contribution in [1.82, 2.24) is 0 Å². The molecule has 0 bridgehead atoms. The molecule has 0 aliphatic heterocycles. The third-order valence-corrected chi connectivity index (χ3v) is 2.24. The van der Waals surface area contributed by atoms with Crippen LogP contribution in [0.2, 0.25) is 0 Å². The summed E-state index contributed by atoms with van der Waals surface area (Å²) in [7, 11) is 0. The Bertz CT molecular complexity index is 267. The molecule has 0 atom stereocenters. The molecule has 0 unspecified atom stereocenters. The molecule has 66 valence electrons. The quantitative estimate of drug-likeness (QED) is 0.580. The summed E-state index contributed by atoms with van der Waals surface area (Å²) in [6, 6.07) is 4.94. The van der Waals surface area contributed by atoms with E-state index in [1.54, 1.807) is 12.1 Å². The maximum Gasteiger partial charge on any atom is 0.137 e. The lowest BCUT2D eigenvalue weighted by molar-refractivity contribution is 0.124. The number of thioether (sulfide) groups is 1. The molecule has 1 aromatic rings. The van der Waals surface area contributed by atoms with Crippen LogP contribution in [0.1, 0.15) is 5.56 Å². The minimum Gasteiger partial charge on any atom is -0.300 e. The van der Waals surface area contributed by atoms with E-state index in [0.717, 1.165) is 5.56 Å². The molecule has 1 aromatic carbocycles. The summed E-state index contributed by atoms with van der Waals surface area (Å²) in [4.78, 5) is 5.02. The van der Waals surface area contributed by atoms with Crippen LogP contribution >= 0.6 is 11.8 Å². The Balaban J connectivity index is 2.86. The van der Waals surface area contributed by atoms with E-state index < -0.39 is 0 Å². The van der Waals surface area contributed by atoms with Crippen molar-refractivity contribution in [3.05, 3.63) is 29.6 Å². The first-order chi connectivity index (χ1) is 5.77. The van der Waals surface area contributed by atoms with E-state index in [1.807, 2.05) is 6.26 Å². The minimum atomic E-state index is -0.225. The second-order valence-electron chi connectivity index (χ2n) is 2.28. The largest absolute Gasteiger partial charge is 0.300 e. The highest BCUT2D eigenvalue weighted by atomic mass is 32.2. The lowest BCUT2D eigenvalue weighted by Gasteiger charge is -2.02. The predicted molar refractivity (Wildman–Crippen MR) is 47.2 cm³/mol. The van der Waals surface area contributed by atoms with E-state index in [4.69, 9.17) is 5.90 Å². The Kier molecular flexibility index (Phi) is 3.52. The number of benzene rings is 1. The SMILES string of the molecule is CSc1ccc(CON)cc1F. The second kappa shape index (κ2) is 4.45. The molecule has 2 nitrogen and oxygen atoms in total. The van der Waals surface area contributed by atoms with Gasteiger partial charge in [0.2, 0.25) is 0 Å². The summed E-state index contributed by atoms with van der Waals surface area (Å²) in [6.45, 7) is 0.242. The summed E-state index contributed by atoms with van der Waals surface area (Å²) in [5.74, 6) is 4.63. The summed E-state index contributed by atoms with van der Waals surface area (Å²) in [5, 5.41) is 0. The molecular weight excluding hydrogens is 177 g/mol. The van der Waals surface area contributed by atoms with Gasteiger partial charge in [-0.15, -0.1) is 11.8 Å². The Morgan fingerprint density at radius 3 is 2.83 bits per heavy atom. The molecule has 0 saturated carbocycles. The van der Waals surface area contributed by atoms with E-state index in [-0.39, 0.29) is 12.4 Å². The van der Waals surface area contributed by atoms with Crippen molar-refractivity contribution in [3.63, 3.8) is 0 Å². The fraction of sp³-hybridized carbons (Fsp3) is 0.250. The van der Waals surface area contributed by atoms with Crippen LogP contribution in [0.15, 0.2) is 23.1 Å². The first-order valence-electron chi connectivity index (χ1n) is 3.42. The number of halogens is 1. The van der Waals surface area contributed by atoms with Gasteiger partial charge in [0, 0.05) is 4.90 Å². The van der Waals surface area contributed by atoms with Gasteiger partial charge in [-0.1, -0.05) is 6.07 Å². The molecule has 0 saturated heterocycles. The van der Waals surface area contributed by atoms with Gasteiger partial charge in [0.25, 0.3) is 0 Å². The zero-order valence-corrected chi connectivity index (χ0v) is 7.53. The van der Waals surface area contributed by atoms with Crippen LogP contribution in [0.25, 0.3) is 0 Å². The van der Waals surface area contributed by atoms with Crippen molar-refractivity contribution in [2.45, 2.75) is 11.5 Å². The third-order valence-electron chi connectivity index (χ3n) is 1.47. The number of hydrogen-bond acceptors (Lipinski definition) is 3. The Morgan fingerprint density at radius 2 is 2.33 bits per heavy atom. The topological polar surface area (TPSA) is 35.2 Å². The summed E-state index contributed by atoms with van der Waals surface area (Å²) < 4.78 is 13.1. The molecule has 0 amide bonds. The highest BCUT2D eigenvalue weighted by molar-refractivity contribution is 7.98. The Hall–Kier alpha value is -0.580. The van der Waals surface area contributed by atoms with Gasteiger partial charge in [0.1, 0.15) is 5.82 Å². The Labute approximate surface area is 74.9 Å². The lowest BCUT2D eigenvalue weighted by Crippen LogP contribution is -1.99. The van der Waals surface area contributed by atoms with Crippen molar-refractivity contribution in [1.29, 1.82) is 0 Å². The van der Waals surface area contributed by atoms with Crippen LogP contribution in [-0.2, 0) is 11.4 Å². The van der Waals surface area contributed by atoms with Gasteiger partial charge in [0.15, 0.2) is 0 Å². The molecule has 12 heavy (non-hydrogen) atoms. The monoisotopic (exact) mass is 187 g/mol. The van der Waals surface area contributed by atoms with Gasteiger partial charge < -0.3 is 0 Å². The molecular formula is C8H10FNOS. The molecule has 0 aliphatic rings. The maximum atomic E-state index is 13.1. The normalized spacial score (nSPS) is 10.2. The van der Waals surface area contributed by atoms with Crippen molar-refractivity contribution in [2.24, 2.45) is 5.90 Å². The lowest BCUT2D eigenvalue weighted by atomic mass is 10.2. The van der Waals surface area contributed by atoms with Gasteiger partial charge in [-0.05, 0) is 24.0 Å². The van der Waals surface area contributed by atoms with Crippen LogP contribution in [0, 0.1) is 5.82 Å². The van der Waals surface area contributed by atoms with E-state index >= 15 is 0 Å². The molecule has 0 fully saturated rings. The smallest absolute Gasteiger partial charge is 0.137 e. The zero-order valence-electron chi connectivity index (χ0n) is 6.71. The first kappa shape index (κ1) is 9.51. The van der Waals surface area contributed by atoms with E-state index in [0.29, 0.717) is 4.90 Å². The van der Waals surface area contributed by atoms with Gasteiger partial charge >= 0.3 is 0 Å². The zero-order chi connectivity index (χ0) is 8.97. The molecule has 0 radical (unpaired) electrons. The highest BCUT2D eigenvalue weighted by Gasteiger charge is 2.01. The number of hydrogen-bond donors (Lipinski definition) is 1. The van der Waals surface area contributed by atoms with Crippen molar-refractivity contribution < 1.29 is 9.23 Å². The first-order valence-corrected chi connectivity index (χ1v) is 4.64. The average Bonchev–Trinajstić information content (AvgIpc) is 2.05. The fourth-order valence-electron chi connectivity index (χ4n) is 0.896. The van der Waals surface area contributed by atoms with Gasteiger partial charge in [0.05, 0.1) is 6.61 Å². The van der Waals surface area contributed by atoms with E-state index in [1.165, 1.54) is 17.8 Å². The van der Waals surface area contributed by atoms with Crippen LogP contribution < -0.4 is 5.90 Å². The fourth-order valence-corrected chi connectivity index (χ4v) is 1.35. The average molecular weight is 187 g/mol. The molecule has 2 N–H and O–H groups in total. The maximum absolute atomic E-state index is 13.1. The van der Waals surface area contributed by atoms with Crippen LogP contribution in [-0.4, -0.2) is 6.26 Å². The molecule has 4 heteroatoms. The summed E-state index contributed by atoms with van der Waals surface area (Å²) in [6.07, 6.45) is 1.83. The van der Waals surface area contributed by atoms with Crippen molar-refractivity contribution in [3.8, 4) is 0 Å². The van der Waals surface area contributed by atoms with Gasteiger partial charge in [-0.2, -0.15) is 0 Å². The molecule has 0 aliphatic carbocycles. The summed E-state index contributed by atoms with van der Waals surface area (Å²) >= 11 is 1.38. The van der Waals surface area contributed by atoms with Crippen molar-refractivity contribution in [2.75, 3.05) is 6.26 Å². The van der Waals surface area contributed by atoms with Crippen LogP contribution in [0.5, 0.6) is 0 Å². The van der Waals surface area contributed by atoms with Crippen LogP contribution in [0.4, 0.5) is 4.39 Å². The van der Waals surface area contributed by atoms with Crippen LogP contribution in [0.3, 0.4) is 0 Å². The molecule has 0 heterocycles. The predicted octanol–water partition coefficient (Wildman–Crippen LogP) is 1.94. The van der Waals surface area contributed by atoms with E-state index in [9.17, 15) is 4.39 Å². The van der Waals surface area contributed by atoms with E-state index in [2.05, 4.69) is 4.84 Å². The third kappa shape index (κ3) is 2.20. The standard InChI is InChI=1S/C8H10FNOS/c1-12-8-3-2-6(5-11-10)4-7(8)9/h2-4H,5,10H2,1H3. The Morgan fingerprint density at radius 1 is 1.58 bits per heavy atom. The van der Waals surface area contributed by atoms with Gasteiger partial charge in [-0.3, -0.25) is 4.84 Å². The van der Waals surface area contributed by atoms with Crippen molar-refractivity contribution >= 4 is 11.8 Å². The number of nitrogens with two attached hydrogens (primary N) is 1. The minimum absolute atomic E-state index is 0.225. The number of rotatable bonds is 3. The highest BCUT2D eigenvalue weighted by Crippen LogP contribution is 2.19. The molecule has 1 rings (SSSR count). The van der Waals surface area contributed by atoms with Gasteiger partial charge in [-0.25, -0.2) is 10.3 Å². The molecule has 0 aromatic heterocycles. The second-order valence-corrected chi connectivity index (χ2v) is 3.13. The molecule has 0 spiro atoms. The summed E-state index contributed by atoms with van der Waals surface area (Å²) in [5.41, 5.74) is 0.743.